The maximum Gasteiger partial charge on any atom is 0.332 e. The van der Waals surface area contributed by atoms with Crippen LogP contribution in [0.5, 0.6) is 5.75 Å². The fourth-order valence-electron chi connectivity index (χ4n) is 3.22. The van der Waals surface area contributed by atoms with Crippen molar-refractivity contribution in [3.63, 3.8) is 0 Å². The van der Waals surface area contributed by atoms with E-state index in [-0.39, 0.29) is 24.5 Å². The summed E-state index contributed by atoms with van der Waals surface area (Å²) in [6.45, 7) is 0.891. The molecule has 0 fully saturated rings. The lowest BCUT2D eigenvalue weighted by molar-refractivity contribution is 0.0936. The molecule has 0 aliphatic carbocycles. The van der Waals surface area contributed by atoms with Crippen molar-refractivity contribution in [1.82, 2.24) is 14.0 Å². The minimum absolute atomic E-state index is 0.0487. The molecule has 0 saturated heterocycles. The number of nitrogens with zero attached hydrogens (tertiary/aromatic N) is 3. The lowest BCUT2D eigenvalue weighted by Crippen LogP contribution is -2.44. The number of benzene rings is 2. The molecule has 0 bridgehead atoms. The monoisotopic (exact) mass is 456 g/mol. The highest BCUT2D eigenvalue weighted by molar-refractivity contribution is 6.30. The van der Waals surface area contributed by atoms with E-state index >= 15 is 0 Å². The first kappa shape index (κ1) is 23.3. The molecule has 0 radical (unpaired) electrons. The van der Waals surface area contributed by atoms with Gasteiger partial charge in [0.2, 0.25) is 0 Å². The van der Waals surface area contributed by atoms with Gasteiger partial charge < -0.3 is 10.5 Å². The Morgan fingerprint density at radius 1 is 1.09 bits per heavy atom. The van der Waals surface area contributed by atoms with Crippen LogP contribution in [-0.2, 0) is 13.6 Å². The Labute approximate surface area is 190 Å². The zero-order valence-corrected chi connectivity index (χ0v) is 18.7. The van der Waals surface area contributed by atoms with Crippen LogP contribution in [0.25, 0.3) is 0 Å². The third-order valence-electron chi connectivity index (χ3n) is 5.01. The van der Waals surface area contributed by atoms with E-state index in [1.54, 1.807) is 36.2 Å². The van der Waals surface area contributed by atoms with Crippen LogP contribution in [0.2, 0.25) is 5.02 Å². The molecule has 0 atom stereocenters. The number of carbonyl (C=O) groups is 1. The van der Waals surface area contributed by atoms with Crippen LogP contribution in [0, 0.1) is 0 Å². The summed E-state index contributed by atoms with van der Waals surface area (Å²) in [4.78, 5) is 39.9. The van der Waals surface area contributed by atoms with Gasteiger partial charge in [-0.1, -0.05) is 41.9 Å². The van der Waals surface area contributed by atoms with Crippen molar-refractivity contribution < 1.29 is 9.53 Å². The number of rotatable bonds is 9. The second-order valence-electron chi connectivity index (χ2n) is 7.44. The zero-order valence-electron chi connectivity index (χ0n) is 18.0. The molecule has 2 N–H and O–H groups in total. The van der Waals surface area contributed by atoms with Crippen LogP contribution in [0.15, 0.2) is 64.2 Å². The van der Waals surface area contributed by atoms with Gasteiger partial charge in [-0.15, -0.1) is 0 Å². The summed E-state index contributed by atoms with van der Waals surface area (Å²) in [5, 5.41) is 0.618. The molecule has 32 heavy (non-hydrogen) atoms. The van der Waals surface area contributed by atoms with Crippen LogP contribution < -0.4 is 21.7 Å². The zero-order chi connectivity index (χ0) is 23.3. The Balaban J connectivity index is 1.73. The molecule has 3 rings (SSSR count). The third kappa shape index (κ3) is 5.46. The van der Waals surface area contributed by atoms with E-state index in [0.29, 0.717) is 23.9 Å². The molecule has 1 heterocycles. The predicted molar refractivity (Wildman–Crippen MR) is 125 cm³/mol. The molecule has 168 valence electrons. The van der Waals surface area contributed by atoms with Crippen molar-refractivity contribution >= 4 is 23.2 Å². The molecular weight excluding hydrogens is 432 g/mol. The van der Waals surface area contributed by atoms with Gasteiger partial charge in [-0.25, -0.2) is 4.79 Å². The van der Waals surface area contributed by atoms with E-state index in [4.69, 9.17) is 22.1 Å². The molecule has 1 aromatic heterocycles. The molecule has 0 unspecified atom stereocenters. The van der Waals surface area contributed by atoms with Gasteiger partial charge in [-0.2, -0.15) is 0 Å². The van der Waals surface area contributed by atoms with Crippen molar-refractivity contribution in [2.75, 3.05) is 32.5 Å². The predicted octanol–water partition coefficient (Wildman–Crippen LogP) is 2.02. The first-order valence-corrected chi connectivity index (χ1v) is 10.4. The standard InChI is InChI=1S/C23H25ClN4O4/c1-26(12-13-32-18-10-8-17(24)9-11-18)15-19(29)20-21(25)28(23(31)27(2)22(20)30)14-16-6-4-3-5-7-16/h3-11H,12-15,25H2,1-2H3. The summed E-state index contributed by atoms with van der Waals surface area (Å²) in [5.41, 5.74) is 5.51. The third-order valence-corrected chi connectivity index (χ3v) is 5.27. The molecule has 0 saturated carbocycles. The van der Waals surface area contributed by atoms with Gasteiger partial charge in [0.1, 0.15) is 23.7 Å². The van der Waals surface area contributed by atoms with Crippen molar-refractivity contribution in [3.05, 3.63) is 91.6 Å². The number of hydrogen-bond donors (Lipinski definition) is 1. The summed E-state index contributed by atoms with van der Waals surface area (Å²) < 4.78 is 7.80. The maximum atomic E-state index is 12.9. The highest BCUT2D eigenvalue weighted by atomic mass is 35.5. The number of likely N-dealkylation sites (N-methyl/N-ethyl adjacent to an activating group) is 1. The van der Waals surface area contributed by atoms with Crippen LogP contribution in [0.1, 0.15) is 15.9 Å². The molecular formula is C23H25ClN4O4. The van der Waals surface area contributed by atoms with Gasteiger partial charge >= 0.3 is 5.69 Å². The normalized spacial score (nSPS) is 11.0. The molecule has 0 aliphatic rings. The maximum absolute atomic E-state index is 12.9. The fourth-order valence-corrected chi connectivity index (χ4v) is 3.34. The molecule has 0 amide bonds. The average molecular weight is 457 g/mol. The van der Waals surface area contributed by atoms with Gasteiger partial charge in [-0.3, -0.25) is 23.6 Å². The van der Waals surface area contributed by atoms with Gasteiger partial charge in [0.15, 0.2) is 5.78 Å². The van der Waals surface area contributed by atoms with Crippen molar-refractivity contribution in [2.24, 2.45) is 7.05 Å². The van der Waals surface area contributed by atoms with Crippen LogP contribution in [0.4, 0.5) is 5.82 Å². The van der Waals surface area contributed by atoms with Crippen molar-refractivity contribution in [2.45, 2.75) is 6.54 Å². The summed E-state index contributed by atoms with van der Waals surface area (Å²) in [5.74, 6) is 0.0805. The summed E-state index contributed by atoms with van der Waals surface area (Å²) in [6, 6.07) is 16.2. The Kier molecular flexibility index (Phi) is 7.50. The number of nitrogen functional groups attached to an aromatic ring is 1. The van der Waals surface area contributed by atoms with Gasteiger partial charge in [0, 0.05) is 18.6 Å². The Bertz CT molecular complexity index is 1200. The van der Waals surface area contributed by atoms with Crippen molar-refractivity contribution in [1.29, 1.82) is 0 Å². The number of hydrogen-bond acceptors (Lipinski definition) is 6. The molecule has 0 aliphatic heterocycles. The Morgan fingerprint density at radius 2 is 1.75 bits per heavy atom. The summed E-state index contributed by atoms with van der Waals surface area (Å²) in [7, 11) is 3.08. The van der Waals surface area contributed by atoms with Gasteiger partial charge in [0.05, 0.1) is 13.1 Å². The van der Waals surface area contributed by atoms with E-state index < -0.39 is 17.0 Å². The number of aromatic nitrogens is 2. The smallest absolute Gasteiger partial charge is 0.332 e. The lowest BCUT2D eigenvalue weighted by Gasteiger charge is -2.18. The second-order valence-corrected chi connectivity index (χ2v) is 7.88. The summed E-state index contributed by atoms with van der Waals surface area (Å²) in [6.07, 6.45) is 0. The lowest BCUT2D eigenvalue weighted by atomic mass is 10.1. The van der Waals surface area contributed by atoms with E-state index in [0.717, 1.165) is 10.1 Å². The quantitative estimate of drug-likeness (QED) is 0.494. The van der Waals surface area contributed by atoms with Crippen LogP contribution in [0.3, 0.4) is 0 Å². The van der Waals surface area contributed by atoms with E-state index in [1.807, 2.05) is 30.3 Å². The fraction of sp³-hybridized carbons (Fsp3) is 0.261. The average Bonchev–Trinajstić information content (AvgIpc) is 2.77. The number of nitrogens with two attached hydrogens (primary N) is 1. The molecule has 8 nitrogen and oxygen atoms in total. The highest BCUT2D eigenvalue weighted by Crippen LogP contribution is 2.15. The Morgan fingerprint density at radius 3 is 2.41 bits per heavy atom. The molecule has 3 aromatic rings. The first-order valence-electron chi connectivity index (χ1n) is 10.0. The number of ketones is 1. The number of ether oxygens (including phenoxy) is 1. The van der Waals surface area contributed by atoms with Gasteiger partial charge in [-0.05, 0) is 36.9 Å². The first-order chi connectivity index (χ1) is 15.3. The minimum Gasteiger partial charge on any atom is -0.492 e. The molecule has 2 aromatic carbocycles. The Hall–Kier alpha value is -3.36. The molecule has 0 spiro atoms. The van der Waals surface area contributed by atoms with E-state index in [1.165, 1.54) is 11.6 Å². The van der Waals surface area contributed by atoms with Gasteiger partial charge in [0.25, 0.3) is 5.56 Å². The molecule has 9 heteroatoms. The SMILES string of the molecule is CN(CCOc1ccc(Cl)cc1)CC(=O)c1c(N)n(Cc2ccccc2)c(=O)n(C)c1=O. The van der Waals surface area contributed by atoms with E-state index in [9.17, 15) is 14.4 Å². The second kappa shape index (κ2) is 10.3. The van der Waals surface area contributed by atoms with Crippen LogP contribution in [-0.4, -0.2) is 46.6 Å². The summed E-state index contributed by atoms with van der Waals surface area (Å²) >= 11 is 5.85. The number of anilines is 1. The van der Waals surface area contributed by atoms with Crippen LogP contribution >= 0.6 is 11.6 Å². The number of Topliss-reactive ketones (excluding diaryl/α,β-unsaturated/α-hetero) is 1. The highest BCUT2D eigenvalue weighted by Gasteiger charge is 2.22. The number of halogens is 1. The van der Waals surface area contributed by atoms with Crippen molar-refractivity contribution in [3.8, 4) is 5.75 Å². The topological polar surface area (TPSA) is 99.6 Å². The van der Waals surface area contributed by atoms with E-state index in [2.05, 4.69) is 0 Å². The largest absolute Gasteiger partial charge is 0.492 e. The minimum atomic E-state index is -0.701. The number of carbonyl (C=O) groups excluding carboxylic acids is 1.